The molecular formula is C20H23NO4. The van der Waals surface area contributed by atoms with Crippen LogP contribution in [-0.4, -0.2) is 36.9 Å². The summed E-state index contributed by atoms with van der Waals surface area (Å²) in [6, 6.07) is 9.67. The Balaban J connectivity index is 1.30. The van der Waals surface area contributed by atoms with Gasteiger partial charge in [-0.3, -0.25) is 9.78 Å². The number of hydrogen-bond acceptors (Lipinski definition) is 5. The summed E-state index contributed by atoms with van der Waals surface area (Å²) >= 11 is 0. The zero-order valence-electron chi connectivity index (χ0n) is 14.2. The second kappa shape index (κ2) is 7.40. The van der Waals surface area contributed by atoms with Crippen LogP contribution in [0.4, 0.5) is 0 Å². The molecule has 1 aromatic carbocycles. The number of ether oxygens (including phenoxy) is 3. The van der Waals surface area contributed by atoms with Crippen molar-refractivity contribution >= 4 is 16.9 Å². The topological polar surface area (TPSA) is 57.7 Å². The molecule has 2 aromatic rings. The number of hydrogen-bond donors (Lipinski definition) is 0. The lowest BCUT2D eigenvalue weighted by Gasteiger charge is -2.21. The molecule has 2 unspecified atom stereocenters. The summed E-state index contributed by atoms with van der Waals surface area (Å²) in [7, 11) is 0. The van der Waals surface area contributed by atoms with Crippen molar-refractivity contribution in [3.63, 3.8) is 0 Å². The van der Waals surface area contributed by atoms with Crippen molar-refractivity contribution in [3.05, 3.63) is 36.5 Å². The van der Waals surface area contributed by atoms with Crippen molar-refractivity contribution in [2.24, 2.45) is 11.8 Å². The number of carbonyl (C=O) groups excluding carboxylic acids is 1. The van der Waals surface area contributed by atoms with Crippen molar-refractivity contribution in [2.75, 3.05) is 19.8 Å². The van der Waals surface area contributed by atoms with E-state index in [0.717, 1.165) is 48.9 Å². The predicted molar refractivity (Wildman–Crippen MR) is 93.4 cm³/mol. The van der Waals surface area contributed by atoms with Crippen LogP contribution < -0.4 is 4.74 Å². The third-order valence-electron chi connectivity index (χ3n) is 4.96. The van der Waals surface area contributed by atoms with Crippen molar-refractivity contribution in [1.82, 2.24) is 4.98 Å². The zero-order valence-corrected chi connectivity index (χ0v) is 14.2. The molecule has 4 rings (SSSR count). The van der Waals surface area contributed by atoms with E-state index in [9.17, 15) is 4.79 Å². The summed E-state index contributed by atoms with van der Waals surface area (Å²) in [4.78, 5) is 16.8. The van der Waals surface area contributed by atoms with Crippen molar-refractivity contribution in [2.45, 2.75) is 31.8 Å². The average molecular weight is 341 g/mol. The molecule has 1 saturated carbocycles. The maximum Gasteiger partial charge on any atom is 0.311 e. The molecule has 0 amide bonds. The fourth-order valence-corrected chi connectivity index (χ4v) is 3.57. The molecule has 1 saturated heterocycles. The van der Waals surface area contributed by atoms with E-state index in [-0.39, 0.29) is 24.6 Å². The molecule has 2 fully saturated rings. The molecule has 1 aliphatic carbocycles. The van der Waals surface area contributed by atoms with E-state index in [1.165, 1.54) is 0 Å². The van der Waals surface area contributed by atoms with Gasteiger partial charge in [0.25, 0.3) is 0 Å². The van der Waals surface area contributed by atoms with Gasteiger partial charge in [0.2, 0.25) is 0 Å². The Morgan fingerprint density at radius 2 is 2.08 bits per heavy atom. The molecule has 1 aliphatic heterocycles. The molecule has 5 nitrogen and oxygen atoms in total. The van der Waals surface area contributed by atoms with Gasteiger partial charge in [-0.05, 0) is 49.8 Å². The third-order valence-corrected chi connectivity index (χ3v) is 4.96. The van der Waals surface area contributed by atoms with Crippen LogP contribution in [0.5, 0.6) is 5.75 Å². The van der Waals surface area contributed by atoms with E-state index < -0.39 is 0 Å². The van der Waals surface area contributed by atoms with Crippen LogP contribution >= 0.6 is 0 Å². The Bertz CT molecular complexity index is 732. The van der Waals surface area contributed by atoms with Gasteiger partial charge < -0.3 is 14.2 Å². The quantitative estimate of drug-likeness (QED) is 0.571. The number of carbonyl (C=O) groups is 1. The van der Waals surface area contributed by atoms with Crippen LogP contribution in [0.1, 0.15) is 25.7 Å². The number of para-hydroxylation sites is 1. The molecular weight excluding hydrogens is 318 g/mol. The van der Waals surface area contributed by atoms with Crippen molar-refractivity contribution in [3.8, 4) is 5.75 Å². The Morgan fingerprint density at radius 3 is 2.88 bits per heavy atom. The van der Waals surface area contributed by atoms with Gasteiger partial charge in [-0.1, -0.05) is 12.1 Å². The van der Waals surface area contributed by atoms with Crippen LogP contribution in [0, 0.1) is 11.8 Å². The normalized spacial score (nSPS) is 21.2. The van der Waals surface area contributed by atoms with Crippen LogP contribution in [-0.2, 0) is 14.3 Å². The fourth-order valence-electron chi connectivity index (χ4n) is 3.57. The highest BCUT2D eigenvalue weighted by Crippen LogP contribution is 2.42. The first-order valence-electron chi connectivity index (χ1n) is 9.08. The molecule has 0 N–H and O–H groups in total. The van der Waals surface area contributed by atoms with Crippen molar-refractivity contribution < 1.29 is 19.0 Å². The molecule has 2 atom stereocenters. The molecule has 2 aliphatic rings. The first-order chi connectivity index (χ1) is 12.3. The third kappa shape index (κ3) is 3.76. The Morgan fingerprint density at radius 1 is 1.20 bits per heavy atom. The number of rotatable bonds is 7. The van der Waals surface area contributed by atoms with Gasteiger partial charge >= 0.3 is 5.97 Å². The van der Waals surface area contributed by atoms with E-state index in [4.69, 9.17) is 14.2 Å². The van der Waals surface area contributed by atoms with Crippen LogP contribution in [0.2, 0.25) is 0 Å². The summed E-state index contributed by atoms with van der Waals surface area (Å²) in [5.41, 5.74) is 0.893. The van der Waals surface area contributed by atoms with Gasteiger partial charge in [-0.15, -0.1) is 0 Å². The molecule has 2 heterocycles. The maximum absolute atomic E-state index is 12.5. The van der Waals surface area contributed by atoms with Gasteiger partial charge in [0, 0.05) is 18.2 Å². The van der Waals surface area contributed by atoms with E-state index in [0.29, 0.717) is 12.5 Å². The molecule has 0 bridgehead atoms. The summed E-state index contributed by atoms with van der Waals surface area (Å²) in [5.74, 6) is 0.988. The lowest BCUT2D eigenvalue weighted by Crippen LogP contribution is -2.32. The lowest BCUT2D eigenvalue weighted by molar-refractivity contribution is -0.154. The highest BCUT2D eigenvalue weighted by atomic mass is 16.6. The smallest absolute Gasteiger partial charge is 0.311 e. The first-order valence-corrected chi connectivity index (χ1v) is 9.08. The molecule has 132 valence electrons. The fraction of sp³-hybridized carbons (Fsp3) is 0.500. The van der Waals surface area contributed by atoms with Crippen LogP contribution in [0.3, 0.4) is 0 Å². The van der Waals surface area contributed by atoms with Gasteiger partial charge in [0.1, 0.15) is 19.0 Å². The highest BCUT2D eigenvalue weighted by molar-refractivity contribution is 5.84. The zero-order chi connectivity index (χ0) is 17.1. The number of esters is 1. The SMILES string of the molecule is O=C(OCCOc1ccnc2ccccc12)C(C1CC1)C1CCCO1. The van der Waals surface area contributed by atoms with Crippen molar-refractivity contribution in [1.29, 1.82) is 0 Å². The first kappa shape index (κ1) is 16.3. The minimum absolute atomic E-state index is 0.0464. The van der Waals surface area contributed by atoms with Gasteiger partial charge in [0.15, 0.2) is 0 Å². The van der Waals surface area contributed by atoms with Gasteiger partial charge in [0.05, 0.1) is 17.5 Å². The van der Waals surface area contributed by atoms with Gasteiger partial charge in [-0.25, -0.2) is 0 Å². The average Bonchev–Trinajstić information content (AvgIpc) is 3.32. The number of fused-ring (bicyclic) bond motifs is 1. The maximum atomic E-state index is 12.5. The number of aromatic nitrogens is 1. The standard InChI is InChI=1S/C20H23NO4/c22-20(19(14-7-8-14)18-6-3-11-23-18)25-13-12-24-17-9-10-21-16-5-2-1-4-15(16)17/h1-2,4-5,9-10,14,18-19H,3,6-8,11-13H2. The Labute approximate surface area is 147 Å². The lowest BCUT2D eigenvalue weighted by atomic mass is 9.95. The van der Waals surface area contributed by atoms with E-state index >= 15 is 0 Å². The molecule has 0 spiro atoms. The van der Waals surface area contributed by atoms with E-state index in [2.05, 4.69) is 4.98 Å². The Hall–Kier alpha value is -2.14. The minimum atomic E-state index is -0.127. The number of benzene rings is 1. The number of pyridine rings is 1. The monoisotopic (exact) mass is 341 g/mol. The highest BCUT2D eigenvalue weighted by Gasteiger charge is 2.44. The summed E-state index contributed by atoms with van der Waals surface area (Å²) in [5, 5.41) is 0.964. The van der Waals surface area contributed by atoms with Crippen LogP contribution in [0.25, 0.3) is 10.9 Å². The summed E-state index contributed by atoms with van der Waals surface area (Å²) in [6.07, 6.45) is 6.00. The molecule has 0 radical (unpaired) electrons. The molecule has 1 aromatic heterocycles. The second-order valence-corrected chi connectivity index (χ2v) is 6.76. The predicted octanol–water partition coefficient (Wildman–Crippen LogP) is 3.36. The second-order valence-electron chi connectivity index (χ2n) is 6.76. The molecule has 5 heteroatoms. The Kier molecular flexibility index (Phi) is 4.83. The largest absolute Gasteiger partial charge is 0.489 e. The molecule has 25 heavy (non-hydrogen) atoms. The number of nitrogens with zero attached hydrogens (tertiary/aromatic N) is 1. The van der Waals surface area contributed by atoms with E-state index in [1.54, 1.807) is 6.20 Å². The van der Waals surface area contributed by atoms with E-state index in [1.807, 2.05) is 30.3 Å². The van der Waals surface area contributed by atoms with Gasteiger partial charge in [-0.2, -0.15) is 0 Å². The minimum Gasteiger partial charge on any atom is -0.489 e. The summed E-state index contributed by atoms with van der Waals surface area (Å²) < 4.78 is 17.0. The van der Waals surface area contributed by atoms with Crippen LogP contribution in [0.15, 0.2) is 36.5 Å². The summed E-state index contributed by atoms with van der Waals surface area (Å²) in [6.45, 7) is 1.35.